The van der Waals surface area contributed by atoms with E-state index in [-0.39, 0.29) is 78.3 Å². The van der Waals surface area contributed by atoms with Gasteiger partial charge in [0.05, 0.1) is 23.0 Å². The highest BCUT2D eigenvalue weighted by molar-refractivity contribution is 6.00. The smallest absolute Gasteiger partial charge is 0.255 e. The van der Waals surface area contributed by atoms with Crippen molar-refractivity contribution >= 4 is 29.5 Å². The molecule has 3 aromatic carbocycles. The number of phenols is 1. The summed E-state index contributed by atoms with van der Waals surface area (Å²) in [5, 5.41) is 41.3. The van der Waals surface area contributed by atoms with Gasteiger partial charge >= 0.3 is 0 Å². The SMILES string of the molecule is Cc1nc(-c2ccc(C(C)(C)C)cc2)nc(C)c1C(=O)NC(CCN)C(=O)N(C)C1C(=O)NC(C)C(=O)NC(C(=O)NCC#N)Cc2ccc(OCC(O)CN)c(c2)-c2cc1ccc2O. The molecule has 5 amide bonds. The van der Waals surface area contributed by atoms with Crippen LogP contribution in [0, 0.1) is 25.2 Å². The number of carbonyl (C=O) groups excluding carboxylic acids is 5. The lowest BCUT2D eigenvalue weighted by Gasteiger charge is -2.32. The minimum Gasteiger partial charge on any atom is -0.507 e. The molecule has 5 atom stereocenters. The molecule has 0 fully saturated rings. The van der Waals surface area contributed by atoms with Crippen molar-refractivity contribution in [3.05, 3.63) is 94.3 Å². The molecular formula is C47H58N10O8. The number of aromatic hydroxyl groups is 1. The summed E-state index contributed by atoms with van der Waals surface area (Å²) in [6.45, 7) is 10.4. The number of rotatable bonds is 13. The summed E-state index contributed by atoms with van der Waals surface area (Å²) in [5.74, 6) is -3.19. The standard InChI is InChI=1S/C47H58N10O8/c1-25-39(26(2)53-41(52-25)29-9-12-31(13-10-29)47(4,5)6)44(62)55-35(16-17-48)46(64)57(7)40-30-11-14-37(59)33(22-30)34-20-28(8-15-38(34)65-24-32(58)23-50)21-36(43(61)51-19-18-49)56-42(60)27(3)54-45(40)63/h8-15,20,22,27,32,35-36,40,58-59H,16-17,19,21,23-24,48,50H2,1-7H3,(H,51,61)(H,54,63)(H,55,62)(H,56,60). The fraction of sp³-hybridized carbons (Fsp3) is 0.404. The number of aromatic nitrogens is 2. The summed E-state index contributed by atoms with van der Waals surface area (Å²) in [7, 11) is 1.36. The van der Waals surface area contributed by atoms with Gasteiger partial charge in [-0.3, -0.25) is 24.0 Å². The number of aryl methyl sites for hydroxylation is 2. The fourth-order valence-corrected chi connectivity index (χ4v) is 7.46. The van der Waals surface area contributed by atoms with Gasteiger partial charge in [0.15, 0.2) is 5.82 Å². The monoisotopic (exact) mass is 890 g/mol. The highest BCUT2D eigenvalue weighted by atomic mass is 16.5. The molecule has 0 spiro atoms. The molecule has 4 aromatic rings. The number of hydrogen-bond donors (Lipinski definition) is 8. The van der Waals surface area contributed by atoms with E-state index in [0.717, 1.165) is 16.0 Å². The van der Waals surface area contributed by atoms with Crippen molar-refractivity contribution in [1.29, 1.82) is 5.26 Å². The number of carbonyl (C=O) groups is 5. The Morgan fingerprint density at radius 1 is 0.985 bits per heavy atom. The number of hydrogen-bond acceptors (Lipinski definition) is 13. The van der Waals surface area contributed by atoms with Gasteiger partial charge < -0.3 is 52.6 Å². The van der Waals surface area contributed by atoms with Crippen molar-refractivity contribution < 1.29 is 38.9 Å². The molecule has 0 aliphatic carbocycles. The summed E-state index contributed by atoms with van der Waals surface area (Å²) in [5.41, 5.74) is 15.5. The van der Waals surface area contributed by atoms with Crippen LogP contribution in [0.15, 0.2) is 60.7 Å². The zero-order valence-corrected chi connectivity index (χ0v) is 37.7. The Bertz CT molecular complexity index is 2440. The number of nitrogens with one attached hydrogen (secondary N) is 4. The first-order valence-corrected chi connectivity index (χ1v) is 21.2. The zero-order chi connectivity index (χ0) is 47.7. The molecule has 344 valence electrons. The largest absolute Gasteiger partial charge is 0.507 e. The molecule has 18 heteroatoms. The maximum atomic E-state index is 14.6. The van der Waals surface area contributed by atoms with Gasteiger partial charge in [0.2, 0.25) is 23.6 Å². The topological polar surface area (TPSA) is 288 Å². The van der Waals surface area contributed by atoms with Crippen molar-refractivity contribution in [2.75, 3.05) is 33.3 Å². The number of benzene rings is 3. The van der Waals surface area contributed by atoms with Crippen molar-refractivity contribution in [2.24, 2.45) is 11.5 Å². The maximum absolute atomic E-state index is 14.6. The van der Waals surface area contributed by atoms with Crippen molar-refractivity contribution in [1.82, 2.24) is 36.1 Å². The van der Waals surface area contributed by atoms with Crippen molar-refractivity contribution in [3.63, 3.8) is 0 Å². The Hall–Kier alpha value is -6.94. The molecule has 0 radical (unpaired) electrons. The number of likely N-dealkylation sites (N-methyl/N-ethyl adjacent to an activating group) is 1. The summed E-state index contributed by atoms with van der Waals surface area (Å²) in [6, 6.07) is 13.6. The second-order valence-electron chi connectivity index (χ2n) is 17.1. The van der Waals surface area contributed by atoms with E-state index >= 15 is 0 Å². The van der Waals surface area contributed by atoms with Gasteiger partial charge in [-0.2, -0.15) is 5.26 Å². The third-order valence-electron chi connectivity index (χ3n) is 11.1. The minimum absolute atomic E-state index is 0.0268. The van der Waals surface area contributed by atoms with E-state index in [4.69, 9.17) is 21.5 Å². The van der Waals surface area contributed by atoms with E-state index in [1.165, 1.54) is 32.2 Å². The average Bonchev–Trinajstić information content (AvgIpc) is 3.26. The molecule has 5 rings (SSSR count). The average molecular weight is 891 g/mol. The predicted octanol–water partition coefficient (Wildman–Crippen LogP) is 1.96. The molecule has 18 nitrogen and oxygen atoms in total. The highest BCUT2D eigenvalue weighted by Crippen LogP contribution is 2.39. The molecule has 1 aliphatic rings. The predicted molar refractivity (Wildman–Crippen MR) is 242 cm³/mol. The lowest BCUT2D eigenvalue weighted by atomic mass is 9.86. The number of phenolic OH excluding ortho intramolecular Hbond substituents is 1. The van der Waals surface area contributed by atoms with Gasteiger partial charge in [-0.1, -0.05) is 57.2 Å². The van der Waals surface area contributed by atoms with Gasteiger partial charge in [0, 0.05) is 36.7 Å². The molecule has 5 unspecified atom stereocenters. The Balaban J connectivity index is 1.54. The van der Waals surface area contributed by atoms with Crippen LogP contribution in [0.25, 0.3) is 22.5 Å². The summed E-state index contributed by atoms with van der Waals surface area (Å²) in [4.78, 5) is 80.4. The van der Waals surface area contributed by atoms with Crippen LogP contribution in [-0.2, 0) is 31.0 Å². The van der Waals surface area contributed by atoms with Crippen molar-refractivity contribution in [3.8, 4) is 40.1 Å². The Morgan fingerprint density at radius 3 is 2.28 bits per heavy atom. The zero-order valence-electron chi connectivity index (χ0n) is 37.7. The van der Waals surface area contributed by atoms with E-state index in [1.807, 2.05) is 30.3 Å². The minimum atomic E-state index is -1.48. The second-order valence-corrected chi connectivity index (χ2v) is 17.1. The Labute approximate surface area is 378 Å². The van der Waals surface area contributed by atoms with E-state index in [1.54, 1.807) is 32.0 Å². The molecule has 65 heavy (non-hydrogen) atoms. The van der Waals surface area contributed by atoms with E-state index in [2.05, 4.69) is 52.0 Å². The molecule has 10 N–H and O–H groups in total. The van der Waals surface area contributed by atoms with Crippen LogP contribution in [-0.4, -0.2) is 112 Å². The van der Waals surface area contributed by atoms with Crippen LogP contribution in [0.3, 0.4) is 0 Å². The lowest BCUT2D eigenvalue weighted by molar-refractivity contribution is -0.141. The third kappa shape index (κ3) is 11.8. The highest BCUT2D eigenvalue weighted by Gasteiger charge is 2.36. The van der Waals surface area contributed by atoms with Gasteiger partial charge in [0.1, 0.15) is 54.9 Å². The van der Waals surface area contributed by atoms with Crippen LogP contribution in [0.1, 0.15) is 78.6 Å². The number of aliphatic hydroxyl groups excluding tert-OH is 1. The molecule has 2 heterocycles. The summed E-state index contributed by atoms with van der Waals surface area (Å²) in [6.07, 6.45) is -1.13. The third-order valence-corrected chi connectivity index (χ3v) is 11.1. The Morgan fingerprint density at radius 2 is 1.66 bits per heavy atom. The number of nitriles is 1. The van der Waals surface area contributed by atoms with Gasteiger partial charge in [-0.15, -0.1) is 0 Å². The first kappa shape index (κ1) is 49.1. The Kier molecular flexibility index (Phi) is 16.0. The molecule has 1 aliphatic heterocycles. The normalized spacial score (nSPS) is 17.3. The van der Waals surface area contributed by atoms with Gasteiger partial charge in [-0.25, -0.2) is 9.97 Å². The van der Waals surface area contributed by atoms with Gasteiger partial charge in [-0.05, 0) is 80.1 Å². The van der Waals surface area contributed by atoms with Crippen LogP contribution in [0.4, 0.5) is 0 Å². The first-order valence-electron chi connectivity index (χ1n) is 21.2. The molecular weight excluding hydrogens is 833 g/mol. The van der Waals surface area contributed by atoms with Crippen LogP contribution in [0.2, 0.25) is 0 Å². The number of amides is 5. The molecule has 0 saturated carbocycles. The molecule has 4 bridgehead atoms. The summed E-state index contributed by atoms with van der Waals surface area (Å²) >= 11 is 0. The number of fused-ring (bicyclic) bond motifs is 5. The number of nitrogens with two attached hydrogens (primary N) is 2. The van der Waals surface area contributed by atoms with Gasteiger partial charge in [0.25, 0.3) is 5.91 Å². The van der Waals surface area contributed by atoms with E-state index < -0.39 is 59.8 Å². The molecule has 1 aromatic heterocycles. The van der Waals surface area contributed by atoms with E-state index in [9.17, 15) is 34.2 Å². The van der Waals surface area contributed by atoms with Crippen LogP contribution >= 0.6 is 0 Å². The number of ether oxygens (including phenoxy) is 1. The maximum Gasteiger partial charge on any atom is 0.255 e. The van der Waals surface area contributed by atoms with Crippen LogP contribution in [0.5, 0.6) is 11.5 Å². The quantitative estimate of drug-likeness (QED) is 0.0893. The summed E-state index contributed by atoms with van der Waals surface area (Å²) < 4.78 is 5.94. The number of nitrogens with zero attached hydrogens (tertiary/aromatic N) is 4. The van der Waals surface area contributed by atoms with Crippen LogP contribution < -0.4 is 37.5 Å². The fourth-order valence-electron chi connectivity index (χ4n) is 7.46. The van der Waals surface area contributed by atoms with E-state index in [0.29, 0.717) is 22.8 Å². The second kappa shape index (κ2) is 21.2. The molecule has 0 saturated heterocycles. The lowest BCUT2D eigenvalue weighted by Crippen LogP contribution is -2.56. The first-order chi connectivity index (χ1) is 30.8. The van der Waals surface area contributed by atoms with Crippen molar-refractivity contribution in [2.45, 2.75) is 90.1 Å². The number of aliphatic hydroxyl groups is 1.